The molecule has 0 N–H and O–H groups in total. The molecule has 0 spiro atoms. The Labute approximate surface area is 307 Å². The molecule has 11 rings (SSSR count). The lowest BCUT2D eigenvalue weighted by molar-refractivity contribution is 0.669. The van der Waals surface area contributed by atoms with Crippen molar-refractivity contribution >= 4 is 65.0 Å². The van der Waals surface area contributed by atoms with Gasteiger partial charge in [-0.25, -0.2) is 0 Å². The SMILES string of the molecule is c1ccc2c(-c3ccc(-c4c5ccccc5c(-c5ccc6oc7ccccc7c6c5)c5cc(-c6cccc7ccccc67)ccc45)cc3)cccc2c1. The predicted molar refractivity (Wildman–Crippen MR) is 225 cm³/mol. The maximum absolute atomic E-state index is 6.28. The number of para-hydroxylation sites is 1. The van der Waals surface area contributed by atoms with E-state index in [0.717, 1.165) is 21.9 Å². The average Bonchev–Trinajstić information content (AvgIpc) is 3.60. The molecule has 1 heterocycles. The Hall–Kier alpha value is -6.96. The number of benzene rings is 10. The maximum atomic E-state index is 6.28. The first-order valence-corrected chi connectivity index (χ1v) is 18.3. The Bertz CT molecular complexity index is 3210. The van der Waals surface area contributed by atoms with E-state index in [1.54, 1.807) is 0 Å². The molecule has 1 heteroatoms. The summed E-state index contributed by atoms with van der Waals surface area (Å²) in [4.78, 5) is 0. The average molecular weight is 673 g/mol. The molecule has 0 saturated heterocycles. The maximum Gasteiger partial charge on any atom is 0.135 e. The highest BCUT2D eigenvalue weighted by atomic mass is 16.3. The molecule has 0 fully saturated rings. The van der Waals surface area contributed by atoms with Crippen LogP contribution in [0.1, 0.15) is 0 Å². The van der Waals surface area contributed by atoms with Crippen LogP contribution < -0.4 is 0 Å². The molecule has 0 aliphatic carbocycles. The summed E-state index contributed by atoms with van der Waals surface area (Å²) in [6.07, 6.45) is 0. The summed E-state index contributed by atoms with van der Waals surface area (Å²) in [6, 6.07) is 70.7. The minimum absolute atomic E-state index is 0.905. The second-order valence-corrected chi connectivity index (χ2v) is 14.0. The fraction of sp³-hybridized carbons (Fsp3) is 0. The molecule has 1 nitrogen and oxygen atoms in total. The van der Waals surface area contributed by atoms with Crippen LogP contribution in [0, 0.1) is 0 Å². The second-order valence-electron chi connectivity index (χ2n) is 14.0. The monoisotopic (exact) mass is 672 g/mol. The molecule has 0 amide bonds. The highest BCUT2D eigenvalue weighted by Gasteiger charge is 2.19. The fourth-order valence-corrected chi connectivity index (χ4v) is 8.62. The standard InChI is InChI=1S/C52H32O/c1-3-15-39-33(11-1)13-9-20-41(39)35-23-25-36(26-24-35)51-44-18-5-6-19-45(44)52(38-28-30-50-47(32-38)43-17-7-8-22-49(43)53-50)48-31-37(27-29-46(48)51)42-21-10-14-34-12-2-4-16-40(34)42/h1-32H. The number of rotatable bonds is 4. The third kappa shape index (κ3) is 4.71. The molecule has 10 aromatic carbocycles. The Kier molecular flexibility index (Phi) is 6.62. The van der Waals surface area contributed by atoms with Crippen molar-refractivity contribution in [3.05, 3.63) is 194 Å². The van der Waals surface area contributed by atoms with Crippen LogP contribution in [0.25, 0.3) is 110 Å². The number of hydrogen-bond acceptors (Lipinski definition) is 1. The van der Waals surface area contributed by atoms with Crippen LogP contribution >= 0.6 is 0 Å². The molecule has 0 saturated carbocycles. The van der Waals surface area contributed by atoms with Crippen LogP contribution in [0.5, 0.6) is 0 Å². The van der Waals surface area contributed by atoms with Crippen molar-refractivity contribution in [2.24, 2.45) is 0 Å². The van der Waals surface area contributed by atoms with Gasteiger partial charge < -0.3 is 4.42 Å². The smallest absolute Gasteiger partial charge is 0.135 e. The Morgan fingerprint density at radius 1 is 0.245 bits per heavy atom. The second kappa shape index (κ2) is 11.8. The highest BCUT2D eigenvalue weighted by Crippen LogP contribution is 2.46. The van der Waals surface area contributed by atoms with Crippen LogP contribution in [0.15, 0.2) is 199 Å². The number of fused-ring (bicyclic) bond motifs is 7. The number of furan rings is 1. The first-order valence-electron chi connectivity index (χ1n) is 18.3. The van der Waals surface area contributed by atoms with Gasteiger partial charge in [-0.3, -0.25) is 0 Å². The molecule has 0 bridgehead atoms. The van der Waals surface area contributed by atoms with Crippen LogP contribution in [0.2, 0.25) is 0 Å². The van der Waals surface area contributed by atoms with E-state index < -0.39 is 0 Å². The molecule has 0 atom stereocenters. The van der Waals surface area contributed by atoms with E-state index in [1.807, 2.05) is 6.07 Å². The molecule has 11 aromatic rings. The van der Waals surface area contributed by atoms with Crippen molar-refractivity contribution in [2.45, 2.75) is 0 Å². The summed E-state index contributed by atoms with van der Waals surface area (Å²) in [5, 5.41) is 12.2. The van der Waals surface area contributed by atoms with Gasteiger partial charge in [0.2, 0.25) is 0 Å². The lowest BCUT2D eigenvalue weighted by atomic mass is 9.84. The van der Waals surface area contributed by atoms with Crippen molar-refractivity contribution in [2.75, 3.05) is 0 Å². The third-order valence-corrected chi connectivity index (χ3v) is 11.1. The van der Waals surface area contributed by atoms with E-state index in [1.165, 1.54) is 87.6 Å². The van der Waals surface area contributed by atoms with Gasteiger partial charge in [-0.1, -0.05) is 170 Å². The Morgan fingerprint density at radius 3 is 1.40 bits per heavy atom. The summed E-state index contributed by atoms with van der Waals surface area (Å²) < 4.78 is 6.28. The van der Waals surface area contributed by atoms with Gasteiger partial charge in [0.25, 0.3) is 0 Å². The fourth-order valence-electron chi connectivity index (χ4n) is 8.62. The number of hydrogen-bond donors (Lipinski definition) is 0. The van der Waals surface area contributed by atoms with Gasteiger partial charge in [-0.05, 0) is 112 Å². The van der Waals surface area contributed by atoms with Gasteiger partial charge in [0.1, 0.15) is 11.2 Å². The first kappa shape index (κ1) is 29.7. The zero-order chi connectivity index (χ0) is 34.9. The summed E-state index contributed by atoms with van der Waals surface area (Å²) in [5.74, 6) is 0. The van der Waals surface area contributed by atoms with E-state index >= 15 is 0 Å². The van der Waals surface area contributed by atoms with E-state index in [-0.39, 0.29) is 0 Å². The van der Waals surface area contributed by atoms with Crippen LogP contribution in [-0.2, 0) is 0 Å². The topological polar surface area (TPSA) is 13.1 Å². The normalized spacial score (nSPS) is 11.8. The third-order valence-electron chi connectivity index (χ3n) is 11.1. The van der Waals surface area contributed by atoms with Crippen molar-refractivity contribution in [1.29, 1.82) is 0 Å². The first-order chi connectivity index (χ1) is 26.3. The zero-order valence-corrected chi connectivity index (χ0v) is 28.9. The van der Waals surface area contributed by atoms with E-state index in [0.29, 0.717) is 0 Å². The minimum atomic E-state index is 0.905. The molecule has 0 aliphatic heterocycles. The molecule has 246 valence electrons. The lowest BCUT2D eigenvalue weighted by Gasteiger charge is -2.19. The summed E-state index contributed by atoms with van der Waals surface area (Å²) in [6.45, 7) is 0. The van der Waals surface area contributed by atoms with E-state index in [9.17, 15) is 0 Å². The van der Waals surface area contributed by atoms with Crippen molar-refractivity contribution in [1.82, 2.24) is 0 Å². The van der Waals surface area contributed by atoms with Crippen LogP contribution in [-0.4, -0.2) is 0 Å². The Balaban J connectivity index is 1.19. The van der Waals surface area contributed by atoms with Crippen molar-refractivity contribution in [3.8, 4) is 44.5 Å². The van der Waals surface area contributed by atoms with Gasteiger partial charge in [0.05, 0.1) is 0 Å². The van der Waals surface area contributed by atoms with Gasteiger partial charge in [-0.15, -0.1) is 0 Å². The minimum Gasteiger partial charge on any atom is -0.456 e. The summed E-state index contributed by atoms with van der Waals surface area (Å²) in [5.41, 5.74) is 11.6. The van der Waals surface area contributed by atoms with Crippen LogP contribution in [0.4, 0.5) is 0 Å². The van der Waals surface area contributed by atoms with Gasteiger partial charge in [0, 0.05) is 10.8 Å². The molecule has 0 aliphatic rings. The Morgan fingerprint density at radius 2 is 0.698 bits per heavy atom. The lowest BCUT2D eigenvalue weighted by Crippen LogP contribution is -1.92. The van der Waals surface area contributed by atoms with Crippen molar-refractivity contribution in [3.63, 3.8) is 0 Å². The summed E-state index contributed by atoms with van der Waals surface area (Å²) in [7, 11) is 0. The highest BCUT2D eigenvalue weighted by molar-refractivity contribution is 6.23. The van der Waals surface area contributed by atoms with Crippen LogP contribution in [0.3, 0.4) is 0 Å². The van der Waals surface area contributed by atoms with Gasteiger partial charge in [-0.2, -0.15) is 0 Å². The van der Waals surface area contributed by atoms with E-state index in [2.05, 4.69) is 188 Å². The summed E-state index contributed by atoms with van der Waals surface area (Å²) >= 11 is 0. The van der Waals surface area contributed by atoms with E-state index in [4.69, 9.17) is 4.42 Å². The predicted octanol–water partition coefficient (Wildman–Crippen LogP) is 14.9. The van der Waals surface area contributed by atoms with Gasteiger partial charge >= 0.3 is 0 Å². The van der Waals surface area contributed by atoms with Crippen molar-refractivity contribution < 1.29 is 4.42 Å². The molecule has 1 aromatic heterocycles. The zero-order valence-electron chi connectivity index (χ0n) is 28.9. The largest absolute Gasteiger partial charge is 0.456 e. The molecular formula is C52H32O. The molecule has 0 radical (unpaired) electrons. The quantitative estimate of drug-likeness (QED) is 0.170. The van der Waals surface area contributed by atoms with Gasteiger partial charge in [0.15, 0.2) is 0 Å². The molecular weight excluding hydrogens is 641 g/mol. The molecule has 0 unspecified atom stereocenters. The molecule has 53 heavy (non-hydrogen) atoms.